The first-order chi connectivity index (χ1) is 10.1. The summed E-state index contributed by atoms with van der Waals surface area (Å²) in [6.07, 6.45) is 2.22. The van der Waals surface area contributed by atoms with E-state index in [1.165, 1.54) is 11.3 Å². The third-order valence-corrected chi connectivity index (χ3v) is 4.71. The van der Waals surface area contributed by atoms with Gasteiger partial charge in [-0.25, -0.2) is 4.98 Å². The van der Waals surface area contributed by atoms with Crippen molar-refractivity contribution >= 4 is 22.2 Å². The van der Waals surface area contributed by atoms with Gasteiger partial charge in [0.2, 0.25) is 5.91 Å². The van der Waals surface area contributed by atoms with E-state index in [1.54, 1.807) is 10.9 Å². The first-order valence-electron chi connectivity index (χ1n) is 6.90. The predicted octanol–water partition coefficient (Wildman–Crippen LogP) is 2.21. The van der Waals surface area contributed by atoms with Gasteiger partial charge in [0, 0.05) is 19.9 Å². The zero-order valence-corrected chi connectivity index (χ0v) is 13.1. The van der Waals surface area contributed by atoms with Crippen molar-refractivity contribution in [2.45, 2.75) is 26.4 Å². The average Bonchev–Trinajstić information content (AvgIpc) is 3.10. The highest BCUT2D eigenvalue weighted by molar-refractivity contribution is 7.16. The molecule has 0 saturated carbocycles. The van der Waals surface area contributed by atoms with Gasteiger partial charge in [-0.1, -0.05) is 0 Å². The molecule has 0 radical (unpaired) electrons. The Bertz CT molecular complexity index is 664. The van der Waals surface area contributed by atoms with E-state index < -0.39 is 0 Å². The zero-order chi connectivity index (χ0) is 15.0. The van der Waals surface area contributed by atoms with Gasteiger partial charge in [-0.15, -0.1) is 11.3 Å². The summed E-state index contributed by atoms with van der Waals surface area (Å²) >= 11 is 1.50. The highest BCUT2D eigenvalue weighted by atomic mass is 32.1. The second-order valence-electron chi connectivity index (χ2n) is 5.20. The topological polar surface area (TPSA) is 69.0 Å². The van der Waals surface area contributed by atoms with Gasteiger partial charge in [0.25, 0.3) is 0 Å². The van der Waals surface area contributed by atoms with Crippen LogP contribution in [0.25, 0.3) is 0 Å². The van der Waals surface area contributed by atoms with Crippen LogP contribution in [0.5, 0.6) is 0 Å². The van der Waals surface area contributed by atoms with Gasteiger partial charge in [-0.2, -0.15) is 5.10 Å². The number of carbonyl (C=O) groups excluding carboxylic acids is 1. The molecule has 2 atom stereocenters. The number of aromatic nitrogens is 3. The second-order valence-corrected chi connectivity index (χ2v) is 6.41. The minimum Gasteiger partial charge on any atom is -0.371 e. The Morgan fingerprint density at radius 2 is 2.33 bits per heavy atom. The molecule has 1 saturated heterocycles. The number of thiazole rings is 1. The quantitative estimate of drug-likeness (QED) is 0.944. The van der Waals surface area contributed by atoms with E-state index in [4.69, 9.17) is 4.74 Å². The molecule has 112 valence electrons. The minimum absolute atomic E-state index is 0.00884. The lowest BCUT2D eigenvalue weighted by Gasteiger charge is -2.18. The minimum atomic E-state index is -0.230. The van der Waals surface area contributed by atoms with E-state index in [0.29, 0.717) is 6.61 Å². The number of rotatable bonds is 3. The largest absolute Gasteiger partial charge is 0.371 e. The number of ether oxygens (including phenoxy) is 1. The SMILES string of the molecule is Cc1nc(C)c(NC(=O)[C@@H]2CCO[C@H]2c2ccnn2C)s1. The molecule has 2 aromatic heterocycles. The van der Waals surface area contributed by atoms with Crippen LogP contribution in [0.1, 0.15) is 28.9 Å². The number of aryl methyl sites for hydroxylation is 3. The molecule has 0 spiro atoms. The fourth-order valence-corrected chi connectivity index (χ4v) is 3.49. The summed E-state index contributed by atoms with van der Waals surface area (Å²) in [4.78, 5) is 16.9. The first kappa shape index (κ1) is 14.2. The van der Waals surface area contributed by atoms with E-state index in [-0.39, 0.29) is 17.9 Å². The van der Waals surface area contributed by atoms with Gasteiger partial charge < -0.3 is 10.1 Å². The van der Waals surface area contributed by atoms with Crippen LogP contribution < -0.4 is 5.32 Å². The van der Waals surface area contributed by atoms with Gasteiger partial charge in [0.05, 0.1) is 22.3 Å². The van der Waals surface area contributed by atoms with E-state index >= 15 is 0 Å². The number of carbonyl (C=O) groups is 1. The maximum atomic E-state index is 12.6. The van der Waals surface area contributed by atoms with Crippen molar-refractivity contribution in [3.63, 3.8) is 0 Å². The number of amides is 1. The van der Waals surface area contributed by atoms with E-state index in [2.05, 4.69) is 15.4 Å². The highest BCUT2D eigenvalue weighted by Crippen LogP contribution is 2.35. The molecule has 1 amide bonds. The third kappa shape index (κ3) is 2.71. The summed E-state index contributed by atoms with van der Waals surface area (Å²) in [6, 6.07) is 1.90. The van der Waals surface area contributed by atoms with Gasteiger partial charge >= 0.3 is 0 Å². The van der Waals surface area contributed by atoms with Gasteiger partial charge in [-0.05, 0) is 26.3 Å². The van der Waals surface area contributed by atoms with Crippen LogP contribution in [0.4, 0.5) is 5.00 Å². The predicted molar refractivity (Wildman–Crippen MR) is 80.2 cm³/mol. The monoisotopic (exact) mass is 306 g/mol. The van der Waals surface area contributed by atoms with Crippen molar-refractivity contribution in [1.29, 1.82) is 0 Å². The summed E-state index contributed by atoms with van der Waals surface area (Å²) in [6.45, 7) is 4.43. The Kier molecular flexibility index (Phi) is 3.77. The van der Waals surface area contributed by atoms with Crippen molar-refractivity contribution in [2.75, 3.05) is 11.9 Å². The summed E-state index contributed by atoms with van der Waals surface area (Å²) in [5.74, 6) is -0.201. The van der Waals surface area contributed by atoms with Crippen LogP contribution in [-0.4, -0.2) is 27.3 Å². The van der Waals surface area contributed by atoms with Gasteiger partial charge in [0.1, 0.15) is 11.1 Å². The molecule has 2 aromatic rings. The summed E-state index contributed by atoms with van der Waals surface area (Å²) in [5, 5.41) is 8.92. The van der Waals surface area contributed by atoms with Crippen LogP contribution in [-0.2, 0) is 16.6 Å². The molecule has 1 aliphatic rings. The highest BCUT2D eigenvalue weighted by Gasteiger charge is 2.37. The average molecular weight is 306 g/mol. The number of hydrogen-bond acceptors (Lipinski definition) is 5. The number of nitrogens with one attached hydrogen (secondary N) is 1. The number of hydrogen-bond donors (Lipinski definition) is 1. The van der Waals surface area contributed by atoms with E-state index in [1.807, 2.05) is 27.0 Å². The maximum Gasteiger partial charge on any atom is 0.231 e. The molecule has 6 nitrogen and oxygen atoms in total. The molecule has 3 rings (SSSR count). The van der Waals surface area contributed by atoms with Crippen molar-refractivity contribution in [1.82, 2.24) is 14.8 Å². The lowest BCUT2D eigenvalue weighted by molar-refractivity contribution is -0.121. The summed E-state index contributed by atoms with van der Waals surface area (Å²) in [7, 11) is 1.86. The molecule has 0 unspecified atom stereocenters. The van der Waals surface area contributed by atoms with Crippen LogP contribution in [0.2, 0.25) is 0 Å². The maximum absolute atomic E-state index is 12.6. The van der Waals surface area contributed by atoms with Crippen molar-refractivity contribution in [3.8, 4) is 0 Å². The summed E-state index contributed by atoms with van der Waals surface area (Å²) in [5.41, 5.74) is 1.80. The van der Waals surface area contributed by atoms with Crippen LogP contribution in [0.3, 0.4) is 0 Å². The van der Waals surface area contributed by atoms with Gasteiger partial charge in [-0.3, -0.25) is 9.48 Å². The van der Waals surface area contributed by atoms with Crippen molar-refractivity contribution in [3.05, 3.63) is 28.7 Å². The smallest absolute Gasteiger partial charge is 0.231 e. The molecule has 0 aliphatic carbocycles. The summed E-state index contributed by atoms with van der Waals surface area (Å²) < 4.78 is 7.51. The standard InChI is InChI=1S/C14H18N4O2S/c1-8-14(21-9(2)16-8)17-13(19)10-5-7-20-12(10)11-4-6-15-18(11)3/h4,6,10,12H,5,7H2,1-3H3,(H,17,19)/t10-,12-/m1/s1. The molecule has 7 heteroatoms. The lowest BCUT2D eigenvalue weighted by Crippen LogP contribution is -2.26. The van der Waals surface area contributed by atoms with E-state index in [9.17, 15) is 4.79 Å². The number of anilines is 1. The second kappa shape index (κ2) is 5.57. The Balaban J connectivity index is 1.77. The molecular formula is C14H18N4O2S. The number of nitrogens with zero attached hydrogens (tertiary/aromatic N) is 3. The van der Waals surface area contributed by atoms with Crippen LogP contribution in [0.15, 0.2) is 12.3 Å². The van der Waals surface area contributed by atoms with Crippen molar-refractivity contribution in [2.24, 2.45) is 13.0 Å². The van der Waals surface area contributed by atoms with Crippen LogP contribution >= 0.6 is 11.3 Å². The fraction of sp³-hybridized carbons (Fsp3) is 0.500. The molecule has 1 aliphatic heterocycles. The first-order valence-corrected chi connectivity index (χ1v) is 7.72. The molecule has 0 aromatic carbocycles. The van der Waals surface area contributed by atoms with Crippen molar-refractivity contribution < 1.29 is 9.53 Å². The molecule has 21 heavy (non-hydrogen) atoms. The Hall–Kier alpha value is -1.73. The van der Waals surface area contributed by atoms with E-state index in [0.717, 1.165) is 27.8 Å². The molecule has 0 bridgehead atoms. The zero-order valence-electron chi connectivity index (χ0n) is 12.3. The fourth-order valence-electron chi connectivity index (χ4n) is 2.66. The molecular weight excluding hydrogens is 288 g/mol. The Labute approximate surface area is 127 Å². The molecule has 1 fully saturated rings. The Morgan fingerprint density at radius 1 is 1.52 bits per heavy atom. The lowest BCUT2D eigenvalue weighted by atomic mass is 9.98. The van der Waals surface area contributed by atoms with Gasteiger partial charge in [0.15, 0.2) is 0 Å². The van der Waals surface area contributed by atoms with Crippen LogP contribution in [0, 0.1) is 19.8 Å². The molecule has 3 heterocycles. The molecule has 1 N–H and O–H groups in total. The Morgan fingerprint density at radius 3 is 2.95 bits per heavy atom. The third-order valence-electron chi connectivity index (χ3n) is 3.72. The normalized spacial score (nSPS) is 21.7.